The fourth-order valence-corrected chi connectivity index (χ4v) is 7.06. The maximum absolute atomic E-state index is 6.73. The molecule has 10 rings (SSSR count). The monoisotopic (exact) mass is 641 g/mol. The van der Waals surface area contributed by atoms with Crippen LogP contribution in [0.15, 0.2) is 173 Å². The van der Waals surface area contributed by atoms with E-state index in [9.17, 15) is 0 Å². The van der Waals surface area contributed by atoms with Crippen molar-refractivity contribution in [2.24, 2.45) is 0 Å². The summed E-state index contributed by atoms with van der Waals surface area (Å²) >= 11 is 0. The molecule has 0 saturated heterocycles. The van der Waals surface area contributed by atoms with Crippen molar-refractivity contribution in [1.82, 2.24) is 15.0 Å². The number of para-hydroxylation sites is 3. The Bertz CT molecular complexity index is 2870. The minimum absolute atomic E-state index is 0.657. The van der Waals surface area contributed by atoms with Crippen molar-refractivity contribution in [3.63, 3.8) is 0 Å². The molecule has 234 valence electrons. The van der Waals surface area contributed by atoms with Gasteiger partial charge in [-0.25, -0.2) is 9.97 Å². The fourth-order valence-electron chi connectivity index (χ4n) is 7.06. The van der Waals surface area contributed by atoms with E-state index in [0.29, 0.717) is 5.82 Å². The molecular formula is C45H27N3O2. The number of fused-ring (bicyclic) bond motifs is 6. The Morgan fingerprint density at radius 1 is 0.380 bits per heavy atom. The average molecular weight is 642 g/mol. The Balaban J connectivity index is 1.23. The summed E-state index contributed by atoms with van der Waals surface area (Å²) in [5.74, 6) is 0.657. The lowest BCUT2D eigenvalue weighted by Gasteiger charge is -2.12. The molecule has 0 amide bonds. The van der Waals surface area contributed by atoms with Gasteiger partial charge in [0.1, 0.15) is 22.3 Å². The summed E-state index contributed by atoms with van der Waals surface area (Å²) in [6.07, 6.45) is 3.63. The third kappa shape index (κ3) is 4.60. The standard InChI is InChI=1S/C45H27N3O2/c1-2-10-29(11-3-1)45-47-38(31-13-8-12-30(26-31)28-22-24-46-25-23-28)27-39(48-45)36-21-20-35(44-42(36)37-15-5-7-19-41(37)50-44)34-17-9-16-33-32-14-4-6-18-40(32)49-43(33)34/h1-27H. The molecule has 5 nitrogen and oxygen atoms in total. The summed E-state index contributed by atoms with van der Waals surface area (Å²) < 4.78 is 13.2. The minimum atomic E-state index is 0.657. The lowest BCUT2D eigenvalue weighted by Crippen LogP contribution is -1.96. The first-order valence-electron chi connectivity index (χ1n) is 16.6. The Kier molecular flexibility index (Phi) is 6.42. The zero-order chi connectivity index (χ0) is 33.0. The number of aromatic nitrogens is 3. The topological polar surface area (TPSA) is 65.0 Å². The van der Waals surface area contributed by atoms with Crippen LogP contribution in [0.25, 0.3) is 100 Å². The lowest BCUT2D eigenvalue weighted by atomic mass is 9.95. The Morgan fingerprint density at radius 3 is 1.86 bits per heavy atom. The van der Waals surface area contributed by atoms with Gasteiger partial charge in [-0.05, 0) is 53.6 Å². The van der Waals surface area contributed by atoms with Crippen molar-refractivity contribution in [2.75, 3.05) is 0 Å². The van der Waals surface area contributed by atoms with Gasteiger partial charge in [0.15, 0.2) is 5.82 Å². The molecule has 0 saturated carbocycles. The van der Waals surface area contributed by atoms with Gasteiger partial charge in [0.05, 0.1) is 11.4 Å². The van der Waals surface area contributed by atoms with Gasteiger partial charge in [0.25, 0.3) is 0 Å². The summed E-state index contributed by atoms with van der Waals surface area (Å²) in [5, 5.41) is 4.20. The molecule has 0 fully saturated rings. The van der Waals surface area contributed by atoms with Gasteiger partial charge in [-0.15, -0.1) is 0 Å². The van der Waals surface area contributed by atoms with E-state index in [1.807, 2.05) is 73.1 Å². The number of hydrogen-bond acceptors (Lipinski definition) is 5. The quantitative estimate of drug-likeness (QED) is 0.187. The van der Waals surface area contributed by atoms with E-state index >= 15 is 0 Å². The molecule has 4 heterocycles. The molecule has 0 atom stereocenters. The molecule has 6 aromatic carbocycles. The number of rotatable bonds is 5. The molecular weight excluding hydrogens is 615 g/mol. The van der Waals surface area contributed by atoms with E-state index in [1.54, 1.807) is 0 Å². The molecule has 0 spiro atoms. The van der Waals surface area contributed by atoms with Crippen molar-refractivity contribution >= 4 is 43.9 Å². The highest BCUT2D eigenvalue weighted by Gasteiger charge is 2.22. The third-order valence-corrected chi connectivity index (χ3v) is 9.43. The maximum atomic E-state index is 6.73. The highest BCUT2D eigenvalue weighted by Crippen LogP contribution is 2.45. The van der Waals surface area contributed by atoms with Gasteiger partial charge >= 0.3 is 0 Å². The van der Waals surface area contributed by atoms with Crippen LogP contribution in [-0.4, -0.2) is 15.0 Å². The highest BCUT2D eigenvalue weighted by atomic mass is 16.3. The zero-order valence-corrected chi connectivity index (χ0v) is 26.7. The van der Waals surface area contributed by atoms with Crippen LogP contribution < -0.4 is 0 Å². The van der Waals surface area contributed by atoms with Crippen molar-refractivity contribution in [2.45, 2.75) is 0 Å². The summed E-state index contributed by atoms with van der Waals surface area (Å²) in [7, 11) is 0. The van der Waals surface area contributed by atoms with Crippen LogP contribution in [0.2, 0.25) is 0 Å². The van der Waals surface area contributed by atoms with Crippen LogP contribution in [0, 0.1) is 0 Å². The Hall–Kier alpha value is -6.85. The predicted octanol–water partition coefficient (Wildman–Crippen LogP) is 12.0. The fraction of sp³-hybridized carbons (Fsp3) is 0. The van der Waals surface area contributed by atoms with E-state index < -0.39 is 0 Å². The molecule has 0 radical (unpaired) electrons. The second-order valence-electron chi connectivity index (χ2n) is 12.4. The largest absolute Gasteiger partial charge is 0.455 e. The maximum Gasteiger partial charge on any atom is 0.160 e. The molecule has 0 bridgehead atoms. The summed E-state index contributed by atoms with van der Waals surface area (Å²) in [5.41, 5.74) is 12.0. The van der Waals surface area contributed by atoms with E-state index in [-0.39, 0.29) is 0 Å². The molecule has 0 N–H and O–H groups in total. The molecule has 0 aliphatic carbocycles. The van der Waals surface area contributed by atoms with Crippen LogP contribution >= 0.6 is 0 Å². The van der Waals surface area contributed by atoms with E-state index in [0.717, 1.165) is 94.2 Å². The highest BCUT2D eigenvalue weighted by molar-refractivity contribution is 6.18. The minimum Gasteiger partial charge on any atom is -0.455 e. The number of benzene rings is 6. The Labute approximate surface area is 287 Å². The summed E-state index contributed by atoms with van der Waals surface area (Å²) in [6.45, 7) is 0. The van der Waals surface area contributed by atoms with Crippen molar-refractivity contribution in [3.05, 3.63) is 164 Å². The van der Waals surface area contributed by atoms with Gasteiger partial charge < -0.3 is 8.83 Å². The van der Waals surface area contributed by atoms with Crippen LogP contribution in [0.3, 0.4) is 0 Å². The number of pyridine rings is 1. The first kappa shape index (κ1) is 28.2. The van der Waals surface area contributed by atoms with Gasteiger partial charge in [0.2, 0.25) is 0 Å². The molecule has 0 aliphatic heterocycles. The molecule has 5 heteroatoms. The molecule has 0 aliphatic rings. The van der Waals surface area contributed by atoms with Gasteiger partial charge in [-0.2, -0.15) is 0 Å². The summed E-state index contributed by atoms with van der Waals surface area (Å²) in [4.78, 5) is 14.5. The van der Waals surface area contributed by atoms with E-state index in [1.165, 1.54) is 0 Å². The number of hydrogen-bond donors (Lipinski definition) is 0. The van der Waals surface area contributed by atoms with Crippen LogP contribution in [0.5, 0.6) is 0 Å². The Morgan fingerprint density at radius 2 is 1.00 bits per heavy atom. The van der Waals surface area contributed by atoms with Crippen molar-refractivity contribution in [3.8, 4) is 56.2 Å². The zero-order valence-electron chi connectivity index (χ0n) is 26.7. The van der Waals surface area contributed by atoms with Gasteiger partial charge in [-0.3, -0.25) is 4.98 Å². The van der Waals surface area contributed by atoms with Gasteiger partial charge in [-0.1, -0.05) is 109 Å². The summed E-state index contributed by atoms with van der Waals surface area (Å²) in [6, 6.07) is 51.7. The van der Waals surface area contributed by atoms with Crippen molar-refractivity contribution in [1.29, 1.82) is 0 Å². The van der Waals surface area contributed by atoms with E-state index in [4.69, 9.17) is 18.8 Å². The third-order valence-electron chi connectivity index (χ3n) is 9.43. The number of furan rings is 2. The van der Waals surface area contributed by atoms with Gasteiger partial charge in [0, 0.05) is 61.8 Å². The smallest absolute Gasteiger partial charge is 0.160 e. The number of nitrogens with zero attached hydrogens (tertiary/aromatic N) is 3. The normalized spacial score (nSPS) is 11.6. The lowest BCUT2D eigenvalue weighted by molar-refractivity contribution is 0.665. The second-order valence-corrected chi connectivity index (χ2v) is 12.4. The van der Waals surface area contributed by atoms with Crippen LogP contribution in [-0.2, 0) is 0 Å². The van der Waals surface area contributed by atoms with Crippen LogP contribution in [0.4, 0.5) is 0 Å². The molecule has 50 heavy (non-hydrogen) atoms. The predicted molar refractivity (Wildman–Crippen MR) is 202 cm³/mol. The molecule has 10 aromatic rings. The van der Waals surface area contributed by atoms with E-state index in [2.05, 4.69) is 96.0 Å². The van der Waals surface area contributed by atoms with Crippen LogP contribution in [0.1, 0.15) is 0 Å². The molecule has 0 unspecified atom stereocenters. The SMILES string of the molecule is c1ccc(-c2nc(-c3cccc(-c4ccncc4)c3)cc(-c3ccc(-c4cccc5c4oc4ccccc45)c4oc5ccccc5c34)n2)cc1. The average Bonchev–Trinajstić information content (AvgIpc) is 3.78. The van der Waals surface area contributed by atoms with Crippen molar-refractivity contribution < 1.29 is 8.83 Å². The molecule has 4 aromatic heterocycles. The first-order chi connectivity index (χ1) is 24.8. The first-order valence-corrected chi connectivity index (χ1v) is 16.6. The second kappa shape index (κ2) is 11.4.